The number of carbonyl (C=O) groups is 1. The van der Waals surface area contributed by atoms with Crippen LogP contribution in [0, 0.1) is 5.92 Å². The smallest absolute Gasteiger partial charge is 0.230 e. The molecule has 1 heterocycles. The van der Waals surface area contributed by atoms with Gasteiger partial charge in [0.2, 0.25) is 5.91 Å². The third-order valence-electron chi connectivity index (χ3n) is 5.17. The number of methoxy groups -OCH3 is 1. The van der Waals surface area contributed by atoms with Crippen molar-refractivity contribution in [3.8, 4) is 17.1 Å². The molecule has 1 aromatic heterocycles. The number of carbonyl (C=O) groups excluding carboxylic acids is 1. The number of thioether (sulfide) groups is 1. The first-order valence-electron chi connectivity index (χ1n) is 9.73. The molecule has 2 aromatic rings. The lowest BCUT2D eigenvalue weighted by molar-refractivity contribution is -0.119. The number of nitrogens with one attached hydrogen (secondary N) is 1. The van der Waals surface area contributed by atoms with Crippen LogP contribution in [0.15, 0.2) is 42.1 Å². The third-order valence-corrected chi connectivity index (χ3v) is 6.13. The van der Waals surface area contributed by atoms with Gasteiger partial charge in [0.05, 0.1) is 12.9 Å². The Morgan fingerprint density at radius 2 is 2.07 bits per heavy atom. The fraction of sp³-hybridized carbons (Fsp3) is 0.476. The average Bonchev–Trinajstić information content (AvgIpc) is 3.11. The van der Waals surface area contributed by atoms with Crippen LogP contribution in [0.25, 0.3) is 11.4 Å². The molecule has 0 radical (unpaired) electrons. The number of benzene rings is 1. The molecule has 0 spiro atoms. The number of aromatic nitrogens is 3. The van der Waals surface area contributed by atoms with Gasteiger partial charge in [0.25, 0.3) is 0 Å². The Balaban J connectivity index is 1.67. The molecule has 28 heavy (non-hydrogen) atoms. The summed E-state index contributed by atoms with van der Waals surface area (Å²) in [4.78, 5) is 12.4. The van der Waals surface area contributed by atoms with Crippen molar-refractivity contribution in [2.75, 3.05) is 12.9 Å². The van der Waals surface area contributed by atoms with Crippen molar-refractivity contribution in [1.29, 1.82) is 0 Å². The molecule has 1 fully saturated rings. The van der Waals surface area contributed by atoms with E-state index in [0.29, 0.717) is 24.3 Å². The van der Waals surface area contributed by atoms with Crippen LogP contribution in [-0.2, 0) is 11.3 Å². The number of rotatable bonds is 8. The van der Waals surface area contributed by atoms with Crippen LogP contribution in [0.4, 0.5) is 0 Å². The lowest BCUT2D eigenvalue weighted by atomic mass is 9.86. The summed E-state index contributed by atoms with van der Waals surface area (Å²) in [7, 11) is 1.64. The van der Waals surface area contributed by atoms with E-state index < -0.39 is 0 Å². The van der Waals surface area contributed by atoms with Gasteiger partial charge in [-0.05, 0) is 43.0 Å². The predicted molar refractivity (Wildman–Crippen MR) is 112 cm³/mol. The van der Waals surface area contributed by atoms with E-state index >= 15 is 0 Å². The summed E-state index contributed by atoms with van der Waals surface area (Å²) in [5.74, 6) is 2.49. The summed E-state index contributed by atoms with van der Waals surface area (Å²) < 4.78 is 7.20. The molecule has 6 nitrogen and oxygen atoms in total. The first kappa shape index (κ1) is 20.5. The van der Waals surface area contributed by atoms with Gasteiger partial charge in [0, 0.05) is 18.2 Å². The molecule has 1 N–H and O–H groups in total. The number of hydrogen-bond acceptors (Lipinski definition) is 5. The normalized spacial score (nSPS) is 19.2. The number of allylic oxidation sites excluding steroid dienone is 1. The van der Waals surface area contributed by atoms with E-state index in [0.717, 1.165) is 28.7 Å². The zero-order valence-electron chi connectivity index (χ0n) is 16.6. The Labute approximate surface area is 170 Å². The van der Waals surface area contributed by atoms with E-state index in [1.807, 2.05) is 34.9 Å². The highest BCUT2D eigenvalue weighted by Crippen LogP contribution is 2.26. The highest BCUT2D eigenvalue weighted by molar-refractivity contribution is 7.99. The van der Waals surface area contributed by atoms with Gasteiger partial charge in [0.1, 0.15) is 5.75 Å². The number of hydrogen-bond donors (Lipinski definition) is 1. The van der Waals surface area contributed by atoms with Crippen molar-refractivity contribution in [3.63, 3.8) is 0 Å². The van der Waals surface area contributed by atoms with Crippen LogP contribution in [0.5, 0.6) is 5.75 Å². The maximum absolute atomic E-state index is 12.4. The Kier molecular flexibility index (Phi) is 7.14. The van der Waals surface area contributed by atoms with Gasteiger partial charge in [0.15, 0.2) is 11.0 Å². The fourth-order valence-electron chi connectivity index (χ4n) is 3.55. The molecule has 1 saturated carbocycles. The maximum Gasteiger partial charge on any atom is 0.230 e. The van der Waals surface area contributed by atoms with Crippen molar-refractivity contribution < 1.29 is 9.53 Å². The van der Waals surface area contributed by atoms with Crippen LogP contribution >= 0.6 is 11.8 Å². The van der Waals surface area contributed by atoms with Crippen LogP contribution in [0.2, 0.25) is 0 Å². The van der Waals surface area contributed by atoms with Crippen molar-refractivity contribution in [2.24, 2.45) is 5.92 Å². The van der Waals surface area contributed by atoms with Crippen molar-refractivity contribution >= 4 is 17.7 Å². The number of nitrogens with zero attached hydrogens (tertiary/aromatic N) is 3. The highest BCUT2D eigenvalue weighted by atomic mass is 32.2. The zero-order chi connectivity index (χ0) is 19.9. The largest absolute Gasteiger partial charge is 0.497 e. The molecule has 1 aliphatic carbocycles. The number of amides is 1. The molecule has 0 aliphatic heterocycles. The Morgan fingerprint density at radius 3 is 2.75 bits per heavy atom. The minimum atomic E-state index is 0.0582. The minimum Gasteiger partial charge on any atom is -0.497 e. The van der Waals surface area contributed by atoms with Gasteiger partial charge < -0.3 is 10.1 Å². The summed E-state index contributed by atoms with van der Waals surface area (Å²) in [6.07, 6.45) is 6.54. The molecule has 0 unspecified atom stereocenters. The van der Waals surface area contributed by atoms with Crippen molar-refractivity contribution in [2.45, 2.75) is 50.4 Å². The third kappa shape index (κ3) is 4.95. The summed E-state index contributed by atoms with van der Waals surface area (Å²) in [6.45, 7) is 6.64. The van der Waals surface area contributed by atoms with Gasteiger partial charge in [-0.15, -0.1) is 16.8 Å². The van der Waals surface area contributed by atoms with Gasteiger partial charge >= 0.3 is 0 Å². The van der Waals surface area contributed by atoms with E-state index in [2.05, 4.69) is 29.0 Å². The first-order chi connectivity index (χ1) is 13.6. The average molecular weight is 401 g/mol. The molecule has 1 aliphatic rings. The van der Waals surface area contributed by atoms with Crippen LogP contribution in [-0.4, -0.2) is 39.6 Å². The van der Waals surface area contributed by atoms with E-state index in [9.17, 15) is 4.79 Å². The van der Waals surface area contributed by atoms with Crippen LogP contribution in [0.1, 0.15) is 32.6 Å². The molecule has 1 amide bonds. The topological polar surface area (TPSA) is 69.0 Å². The molecule has 150 valence electrons. The second kappa shape index (κ2) is 9.78. The molecular formula is C21H28N4O2S. The summed E-state index contributed by atoms with van der Waals surface area (Å²) >= 11 is 1.41. The fourth-order valence-corrected chi connectivity index (χ4v) is 4.31. The zero-order valence-corrected chi connectivity index (χ0v) is 17.4. The lowest BCUT2D eigenvalue weighted by Crippen LogP contribution is -2.41. The summed E-state index contributed by atoms with van der Waals surface area (Å²) in [5.41, 5.74) is 0.947. The standard InChI is InChI=1S/C21H28N4O2S/c1-4-13-25-20(16-9-11-17(27-3)12-10-16)23-24-21(25)28-14-19(26)22-18-8-6-5-7-15(18)2/h4,9-12,15,18H,1,5-8,13-14H2,2-3H3,(H,22,26)/t15-,18+/m0/s1. The molecule has 7 heteroatoms. The van der Waals surface area contributed by atoms with Crippen LogP contribution < -0.4 is 10.1 Å². The Morgan fingerprint density at radius 1 is 1.32 bits per heavy atom. The lowest BCUT2D eigenvalue weighted by Gasteiger charge is -2.29. The molecule has 2 atom stereocenters. The maximum atomic E-state index is 12.4. The van der Waals surface area contributed by atoms with Crippen molar-refractivity contribution in [1.82, 2.24) is 20.1 Å². The highest BCUT2D eigenvalue weighted by Gasteiger charge is 2.23. The second-order valence-corrected chi connectivity index (χ2v) is 8.10. The molecule has 0 saturated heterocycles. The van der Waals surface area contributed by atoms with Gasteiger partial charge in [-0.25, -0.2) is 0 Å². The second-order valence-electron chi connectivity index (χ2n) is 7.16. The minimum absolute atomic E-state index is 0.0582. The van der Waals surface area contributed by atoms with Gasteiger partial charge in [-0.2, -0.15) is 0 Å². The quantitative estimate of drug-likeness (QED) is 0.537. The summed E-state index contributed by atoms with van der Waals surface area (Å²) in [6, 6.07) is 7.99. The van der Waals surface area contributed by atoms with E-state index in [1.165, 1.54) is 31.0 Å². The number of ether oxygens (including phenoxy) is 1. The Hall–Kier alpha value is -2.28. The van der Waals surface area contributed by atoms with E-state index in [4.69, 9.17) is 4.74 Å². The molecule has 3 rings (SSSR count). The van der Waals surface area contributed by atoms with Crippen molar-refractivity contribution in [3.05, 3.63) is 36.9 Å². The Bertz CT molecular complexity index is 803. The molecule has 1 aromatic carbocycles. The van der Waals surface area contributed by atoms with E-state index in [1.54, 1.807) is 7.11 Å². The predicted octanol–water partition coefficient (Wildman–Crippen LogP) is 3.93. The monoisotopic (exact) mass is 400 g/mol. The summed E-state index contributed by atoms with van der Waals surface area (Å²) in [5, 5.41) is 12.6. The van der Waals surface area contributed by atoms with Gasteiger partial charge in [-0.3, -0.25) is 9.36 Å². The molecular weight excluding hydrogens is 372 g/mol. The first-order valence-corrected chi connectivity index (χ1v) is 10.7. The van der Waals surface area contributed by atoms with E-state index in [-0.39, 0.29) is 5.91 Å². The van der Waals surface area contributed by atoms with Crippen LogP contribution in [0.3, 0.4) is 0 Å². The van der Waals surface area contributed by atoms with Gasteiger partial charge in [-0.1, -0.05) is 37.6 Å². The molecule has 0 bridgehead atoms. The SMILES string of the molecule is C=CCn1c(SCC(=O)N[C@@H]2CCCC[C@@H]2C)nnc1-c1ccc(OC)cc1.